The molecule has 0 saturated carbocycles. The van der Waals surface area contributed by atoms with E-state index in [2.05, 4.69) is 0 Å². The third-order valence-corrected chi connectivity index (χ3v) is 5.06. The molecular formula is C23H26N2O3. The van der Waals surface area contributed by atoms with Crippen molar-refractivity contribution in [1.82, 2.24) is 4.90 Å². The number of hydrogen-bond acceptors (Lipinski definition) is 4. The lowest BCUT2D eigenvalue weighted by Crippen LogP contribution is -2.45. The number of carbonyl (C=O) groups excluding carboxylic acids is 2. The van der Waals surface area contributed by atoms with Gasteiger partial charge in [0, 0.05) is 17.7 Å². The quantitative estimate of drug-likeness (QED) is 0.571. The number of likely N-dealkylation sites (tertiary alicyclic amines) is 1. The minimum Gasteiger partial charge on any atom is -0.467 e. The van der Waals surface area contributed by atoms with Crippen LogP contribution in [0.15, 0.2) is 65.7 Å². The van der Waals surface area contributed by atoms with E-state index in [9.17, 15) is 9.59 Å². The summed E-state index contributed by atoms with van der Waals surface area (Å²) in [5.74, 6) is -0.462. The predicted molar refractivity (Wildman–Crippen MR) is 109 cm³/mol. The van der Waals surface area contributed by atoms with Gasteiger partial charge in [0.15, 0.2) is 0 Å². The average molecular weight is 378 g/mol. The van der Waals surface area contributed by atoms with Crippen LogP contribution in [0.4, 0.5) is 0 Å². The van der Waals surface area contributed by atoms with E-state index in [1.165, 1.54) is 7.11 Å². The van der Waals surface area contributed by atoms with Crippen LogP contribution in [0.1, 0.15) is 37.3 Å². The maximum atomic E-state index is 13.2. The third-order valence-electron chi connectivity index (χ3n) is 5.06. The largest absolute Gasteiger partial charge is 0.467 e. The van der Waals surface area contributed by atoms with Crippen molar-refractivity contribution in [3.63, 3.8) is 0 Å². The number of carbonyl (C=O) groups is 2. The zero-order valence-electron chi connectivity index (χ0n) is 16.4. The Kier molecular flexibility index (Phi) is 6.58. The lowest BCUT2D eigenvalue weighted by Gasteiger charge is -2.26. The van der Waals surface area contributed by atoms with Gasteiger partial charge in [-0.05, 0) is 19.3 Å². The van der Waals surface area contributed by atoms with E-state index in [0.717, 1.165) is 23.3 Å². The second-order valence-electron chi connectivity index (χ2n) is 6.85. The van der Waals surface area contributed by atoms with E-state index in [-0.39, 0.29) is 11.9 Å². The molecule has 0 bridgehead atoms. The molecule has 1 aliphatic rings. The van der Waals surface area contributed by atoms with Gasteiger partial charge in [-0.25, -0.2) is 4.79 Å². The summed E-state index contributed by atoms with van der Waals surface area (Å²) in [6.45, 7) is 2.51. The number of aliphatic imine (C=N–C) groups is 1. The van der Waals surface area contributed by atoms with Crippen molar-refractivity contribution in [1.29, 1.82) is 0 Å². The molecule has 0 aromatic heterocycles. The second-order valence-corrected chi connectivity index (χ2v) is 6.85. The molecule has 2 atom stereocenters. The Hall–Kier alpha value is -2.95. The Bertz CT molecular complexity index is 792. The highest BCUT2D eigenvalue weighted by molar-refractivity contribution is 6.13. The fourth-order valence-corrected chi connectivity index (χ4v) is 3.59. The minimum atomic E-state index is -0.541. The highest BCUT2D eigenvalue weighted by atomic mass is 16.5. The summed E-state index contributed by atoms with van der Waals surface area (Å²) in [6, 6.07) is 18.7. The van der Waals surface area contributed by atoms with Crippen LogP contribution < -0.4 is 0 Å². The number of amides is 1. The number of rotatable bonds is 6. The van der Waals surface area contributed by atoms with Crippen molar-refractivity contribution in [2.75, 3.05) is 13.7 Å². The van der Waals surface area contributed by atoms with Crippen molar-refractivity contribution in [3.8, 4) is 0 Å². The zero-order chi connectivity index (χ0) is 19.9. The first-order valence-corrected chi connectivity index (χ1v) is 9.72. The van der Waals surface area contributed by atoms with Crippen LogP contribution in [0, 0.1) is 0 Å². The minimum absolute atomic E-state index is 0.111. The molecule has 0 radical (unpaired) electrons. The lowest BCUT2D eigenvalue weighted by molar-refractivity contribution is -0.151. The molecule has 3 rings (SSSR count). The predicted octanol–water partition coefficient (Wildman–Crippen LogP) is 3.47. The fraction of sp³-hybridized carbons (Fsp3) is 0.348. The molecule has 146 valence electrons. The molecule has 1 aliphatic heterocycles. The van der Waals surface area contributed by atoms with E-state index in [1.54, 1.807) is 4.90 Å². The number of nitrogens with zero attached hydrogens (tertiary/aromatic N) is 2. The smallest absolute Gasteiger partial charge is 0.328 e. The summed E-state index contributed by atoms with van der Waals surface area (Å²) in [6.07, 6.45) is 2.01. The molecule has 5 nitrogen and oxygen atoms in total. The van der Waals surface area contributed by atoms with Gasteiger partial charge in [-0.3, -0.25) is 9.79 Å². The van der Waals surface area contributed by atoms with E-state index >= 15 is 0 Å². The van der Waals surface area contributed by atoms with Crippen molar-refractivity contribution in [3.05, 3.63) is 71.8 Å². The summed E-state index contributed by atoms with van der Waals surface area (Å²) in [5, 5.41) is 0. The zero-order valence-corrected chi connectivity index (χ0v) is 16.4. The summed E-state index contributed by atoms with van der Waals surface area (Å²) in [7, 11) is 1.36. The molecule has 1 heterocycles. The summed E-state index contributed by atoms with van der Waals surface area (Å²) >= 11 is 0. The third kappa shape index (κ3) is 4.30. The first kappa shape index (κ1) is 19.8. The molecule has 1 saturated heterocycles. The van der Waals surface area contributed by atoms with Crippen LogP contribution in [0.25, 0.3) is 0 Å². The molecule has 1 amide bonds. The van der Waals surface area contributed by atoms with Gasteiger partial charge in [0.2, 0.25) is 5.91 Å². The lowest BCUT2D eigenvalue weighted by atomic mass is 10.0. The summed E-state index contributed by atoms with van der Waals surface area (Å²) < 4.78 is 4.88. The van der Waals surface area contributed by atoms with Gasteiger partial charge in [-0.15, -0.1) is 0 Å². The van der Waals surface area contributed by atoms with Crippen LogP contribution in [0.3, 0.4) is 0 Å². The number of esters is 1. The molecule has 0 aliphatic carbocycles. The van der Waals surface area contributed by atoms with Gasteiger partial charge < -0.3 is 9.64 Å². The van der Waals surface area contributed by atoms with Crippen molar-refractivity contribution in [2.24, 2.45) is 4.99 Å². The monoisotopic (exact) mass is 378 g/mol. The summed E-state index contributed by atoms with van der Waals surface area (Å²) in [5.41, 5.74) is 2.71. The standard InChI is InChI=1S/C23H26N2O3/c1-3-19(22(26)25-16-10-15-20(25)23(27)28-2)24-21(17-11-6-4-7-12-17)18-13-8-5-9-14-18/h4-9,11-14,19-20H,3,10,15-16H2,1-2H3/t19?,20-/m0/s1. The second kappa shape index (κ2) is 9.31. The first-order valence-electron chi connectivity index (χ1n) is 9.72. The Morgan fingerprint density at radius 3 is 2.14 bits per heavy atom. The van der Waals surface area contributed by atoms with Crippen LogP contribution in [-0.4, -0.2) is 48.2 Å². The molecule has 0 spiro atoms. The van der Waals surface area contributed by atoms with Gasteiger partial charge in [-0.1, -0.05) is 67.6 Å². The molecule has 2 aromatic rings. The molecular weight excluding hydrogens is 352 g/mol. The van der Waals surface area contributed by atoms with E-state index in [0.29, 0.717) is 19.4 Å². The number of hydrogen-bond donors (Lipinski definition) is 0. The van der Waals surface area contributed by atoms with Crippen molar-refractivity contribution in [2.45, 2.75) is 38.3 Å². The Morgan fingerprint density at radius 1 is 1.07 bits per heavy atom. The molecule has 5 heteroatoms. The van der Waals surface area contributed by atoms with Crippen LogP contribution in [0.5, 0.6) is 0 Å². The molecule has 28 heavy (non-hydrogen) atoms. The highest BCUT2D eigenvalue weighted by Gasteiger charge is 2.37. The fourth-order valence-electron chi connectivity index (χ4n) is 3.59. The maximum Gasteiger partial charge on any atom is 0.328 e. The first-order chi connectivity index (χ1) is 13.7. The Balaban J connectivity index is 1.95. The van der Waals surface area contributed by atoms with Gasteiger partial charge in [0.05, 0.1) is 12.8 Å². The van der Waals surface area contributed by atoms with E-state index in [4.69, 9.17) is 9.73 Å². The van der Waals surface area contributed by atoms with Crippen molar-refractivity contribution >= 4 is 17.6 Å². The Morgan fingerprint density at radius 2 is 1.64 bits per heavy atom. The SMILES string of the molecule is CCC(N=C(c1ccccc1)c1ccccc1)C(=O)N1CCC[C@H]1C(=O)OC. The topological polar surface area (TPSA) is 59.0 Å². The molecule has 1 fully saturated rings. The highest BCUT2D eigenvalue weighted by Crippen LogP contribution is 2.22. The van der Waals surface area contributed by atoms with Gasteiger partial charge in [0.1, 0.15) is 12.1 Å². The number of benzene rings is 2. The normalized spacial score (nSPS) is 17.1. The number of ether oxygens (including phenoxy) is 1. The maximum absolute atomic E-state index is 13.2. The van der Waals surface area contributed by atoms with Crippen molar-refractivity contribution < 1.29 is 14.3 Å². The number of methoxy groups -OCH3 is 1. The average Bonchev–Trinajstić information content (AvgIpc) is 3.25. The van der Waals surface area contributed by atoms with E-state index in [1.807, 2.05) is 67.6 Å². The molecule has 2 aromatic carbocycles. The summed E-state index contributed by atoms with van der Waals surface area (Å²) in [4.78, 5) is 31.8. The van der Waals surface area contributed by atoms with Crippen LogP contribution in [0.2, 0.25) is 0 Å². The van der Waals surface area contributed by atoms with Crippen LogP contribution >= 0.6 is 0 Å². The van der Waals surface area contributed by atoms with Gasteiger partial charge in [-0.2, -0.15) is 0 Å². The molecule has 1 unspecified atom stereocenters. The molecule has 0 N–H and O–H groups in total. The van der Waals surface area contributed by atoms with Gasteiger partial charge >= 0.3 is 5.97 Å². The van der Waals surface area contributed by atoms with E-state index < -0.39 is 12.1 Å². The van der Waals surface area contributed by atoms with Crippen LogP contribution in [-0.2, 0) is 14.3 Å². The van der Waals surface area contributed by atoms with Gasteiger partial charge in [0.25, 0.3) is 0 Å². The Labute approximate surface area is 166 Å².